The molecule has 0 unspecified atom stereocenters. The molecule has 0 aliphatic heterocycles. The molecule has 0 atom stereocenters. The number of carboxylic acids is 1. The molecule has 0 aliphatic carbocycles. The van der Waals surface area contributed by atoms with Gasteiger partial charge >= 0.3 is 5.97 Å². The molecule has 1 rings (SSSR count). The predicted molar refractivity (Wildman–Crippen MR) is 68.1 cm³/mol. The molecule has 0 heterocycles. The fourth-order valence-corrected chi connectivity index (χ4v) is 2.14. The Balaban J connectivity index is 3.18. The zero-order valence-corrected chi connectivity index (χ0v) is 11.4. The molecular weight excluding hydrogens is 263 g/mol. The number of carbonyl (C=O) groups is 1. The van der Waals surface area contributed by atoms with Crippen molar-refractivity contribution < 1.29 is 14.6 Å². The third-order valence-electron chi connectivity index (χ3n) is 2.50. The third kappa shape index (κ3) is 3.27. The number of halogens is 2. The van der Waals surface area contributed by atoms with Crippen LogP contribution in [0.3, 0.4) is 0 Å². The van der Waals surface area contributed by atoms with Gasteiger partial charge in [0.05, 0.1) is 17.5 Å². The molecule has 0 radical (unpaired) electrons. The number of hydrogen-bond acceptors (Lipinski definition) is 2. The molecule has 17 heavy (non-hydrogen) atoms. The van der Waals surface area contributed by atoms with Gasteiger partial charge in [-0.1, -0.05) is 23.2 Å². The van der Waals surface area contributed by atoms with Crippen LogP contribution in [0, 0.1) is 5.41 Å². The van der Waals surface area contributed by atoms with E-state index in [1.807, 2.05) is 0 Å². The second kappa shape index (κ2) is 5.15. The highest BCUT2D eigenvalue weighted by atomic mass is 35.5. The predicted octanol–water partition coefficient (Wildman–Crippen LogP) is 3.66. The average molecular weight is 277 g/mol. The number of rotatable bonds is 4. The van der Waals surface area contributed by atoms with Crippen LogP contribution in [0.25, 0.3) is 0 Å². The van der Waals surface area contributed by atoms with Gasteiger partial charge in [0, 0.05) is 5.02 Å². The summed E-state index contributed by atoms with van der Waals surface area (Å²) in [4.78, 5) is 11.1. The second-order valence-corrected chi connectivity index (χ2v) is 5.29. The highest BCUT2D eigenvalue weighted by Gasteiger charge is 2.29. The molecule has 0 saturated heterocycles. The summed E-state index contributed by atoms with van der Waals surface area (Å²) < 4.78 is 5.17. The molecule has 5 heteroatoms. The van der Waals surface area contributed by atoms with E-state index in [4.69, 9.17) is 33.0 Å². The summed E-state index contributed by atoms with van der Waals surface area (Å²) in [6.07, 6.45) is 0.297. The lowest BCUT2D eigenvalue weighted by Crippen LogP contribution is -2.26. The first-order valence-corrected chi connectivity index (χ1v) is 5.79. The van der Waals surface area contributed by atoms with Gasteiger partial charge in [0.2, 0.25) is 0 Å². The summed E-state index contributed by atoms with van der Waals surface area (Å²) in [5.41, 5.74) is -0.209. The minimum Gasteiger partial charge on any atom is -0.495 e. The lowest BCUT2D eigenvalue weighted by atomic mass is 9.85. The third-order valence-corrected chi connectivity index (χ3v) is 3.00. The Morgan fingerprint density at radius 3 is 2.47 bits per heavy atom. The maximum Gasteiger partial charge on any atom is 0.309 e. The van der Waals surface area contributed by atoms with Gasteiger partial charge < -0.3 is 9.84 Å². The van der Waals surface area contributed by atoms with Crippen molar-refractivity contribution in [3.05, 3.63) is 27.7 Å². The van der Waals surface area contributed by atoms with Crippen LogP contribution in [0.2, 0.25) is 10.0 Å². The number of benzene rings is 1. The highest BCUT2D eigenvalue weighted by molar-refractivity contribution is 6.35. The van der Waals surface area contributed by atoms with E-state index >= 15 is 0 Å². The largest absolute Gasteiger partial charge is 0.495 e. The molecule has 0 aromatic heterocycles. The summed E-state index contributed by atoms with van der Waals surface area (Å²) in [5, 5.41) is 9.95. The number of carboxylic acid groups (broad SMARTS) is 1. The van der Waals surface area contributed by atoms with E-state index in [2.05, 4.69) is 0 Å². The summed E-state index contributed by atoms with van der Waals surface area (Å²) in [7, 11) is 1.49. The van der Waals surface area contributed by atoms with E-state index in [0.717, 1.165) is 0 Å². The molecule has 0 fully saturated rings. The zero-order chi connectivity index (χ0) is 13.2. The molecule has 3 nitrogen and oxygen atoms in total. The lowest BCUT2D eigenvalue weighted by Gasteiger charge is -2.21. The average Bonchev–Trinajstić information content (AvgIpc) is 2.15. The summed E-state index contributed by atoms with van der Waals surface area (Å²) in [6.45, 7) is 3.28. The number of methoxy groups -OCH3 is 1. The molecule has 0 spiro atoms. The molecule has 0 bridgehead atoms. The number of ether oxygens (including phenoxy) is 1. The first-order chi connectivity index (χ1) is 7.77. The summed E-state index contributed by atoms with van der Waals surface area (Å²) in [5.74, 6) is -0.402. The van der Waals surface area contributed by atoms with Crippen LogP contribution < -0.4 is 4.74 Å². The first-order valence-electron chi connectivity index (χ1n) is 5.03. The maximum atomic E-state index is 11.1. The van der Waals surface area contributed by atoms with Crippen molar-refractivity contribution in [1.29, 1.82) is 0 Å². The minimum absolute atomic E-state index is 0.297. The van der Waals surface area contributed by atoms with E-state index in [0.29, 0.717) is 27.8 Å². The van der Waals surface area contributed by atoms with Crippen molar-refractivity contribution in [2.24, 2.45) is 5.41 Å². The summed E-state index contributed by atoms with van der Waals surface area (Å²) in [6, 6.07) is 3.25. The molecule has 0 amide bonds. The van der Waals surface area contributed by atoms with Crippen LogP contribution in [-0.2, 0) is 11.2 Å². The van der Waals surface area contributed by atoms with Crippen molar-refractivity contribution in [2.45, 2.75) is 20.3 Å². The van der Waals surface area contributed by atoms with Gasteiger partial charge in [-0.25, -0.2) is 0 Å². The second-order valence-electron chi connectivity index (χ2n) is 4.45. The number of hydrogen-bond donors (Lipinski definition) is 1. The van der Waals surface area contributed by atoms with E-state index < -0.39 is 11.4 Å². The normalized spacial score (nSPS) is 11.4. The Labute approximate surface area is 110 Å². The zero-order valence-electron chi connectivity index (χ0n) is 9.88. The van der Waals surface area contributed by atoms with Gasteiger partial charge in [0.1, 0.15) is 5.75 Å². The Morgan fingerprint density at radius 2 is 2.00 bits per heavy atom. The van der Waals surface area contributed by atoms with E-state index in [-0.39, 0.29) is 0 Å². The van der Waals surface area contributed by atoms with Crippen molar-refractivity contribution >= 4 is 29.2 Å². The van der Waals surface area contributed by atoms with Crippen LogP contribution in [0.15, 0.2) is 12.1 Å². The Morgan fingerprint density at radius 1 is 1.41 bits per heavy atom. The highest BCUT2D eigenvalue weighted by Crippen LogP contribution is 2.36. The van der Waals surface area contributed by atoms with Crippen LogP contribution in [0.1, 0.15) is 19.4 Å². The molecule has 1 aromatic carbocycles. The lowest BCUT2D eigenvalue weighted by molar-refractivity contribution is -0.146. The monoisotopic (exact) mass is 276 g/mol. The first kappa shape index (κ1) is 14.1. The molecule has 94 valence electrons. The Bertz CT molecular complexity index is 442. The fraction of sp³-hybridized carbons (Fsp3) is 0.417. The molecular formula is C12H14Cl2O3. The van der Waals surface area contributed by atoms with Crippen molar-refractivity contribution in [2.75, 3.05) is 7.11 Å². The minimum atomic E-state index is -0.901. The number of aliphatic carboxylic acids is 1. The van der Waals surface area contributed by atoms with Gasteiger partial charge in [0.15, 0.2) is 0 Å². The maximum absolute atomic E-state index is 11.1. The van der Waals surface area contributed by atoms with Gasteiger partial charge in [-0.15, -0.1) is 0 Å². The fourth-order valence-electron chi connectivity index (χ4n) is 1.53. The van der Waals surface area contributed by atoms with Gasteiger partial charge in [0.25, 0.3) is 0 Å². The summed E-state index contributed by atoms with van der Waals surface area (Å²) >= 11 is 11.9. The molecule has 0 saturated carbocycles. The standard InChI is InChI=1S/C12H14Cl2O3/c1-12(2,11(15)16)6-7-4-8(13)5-9(14)10(7)17-3/h4-5H,6H2,1-3H3,(H,15,16). The van der Waals surface area contributed by atoms with E-state index in [9.17, 15) is 4.79 Å². The van der Waals surface area contributed by atoms with Crippen LogP contribution in [0.4, 0.5) is 0 Å². The van der Waals surface area contributed by atoms with Crippen LogP contribution in [0.5, 0.6) is 5.75 Å². The smallest absolute Gasteiger partial charge is 0.309 e. The topological polar surface area (TPSA) is 46.5 Å². The Hall–Kier alpha value is -0.930. The molecule has 0 aliphatic rings. The van der Waals surface area contributed by atoms with Gasteiger partial charge in [-0.05, 0) is 38.0 Å². The van der Waals surface area contributed by atoms with Crippen molar-refractivity contribution in [1.82, 2.24) is 0 Å². The van der Waals surface area contributed by atoms with E-state index in [1.165, 1.54) is 7.11 Å². The van der Waals surface area contributed by atoms with Crippen molar-refractivity contribution in [3.8, 4) is 5.75 Å². The van der Waals surface area contributed by atoms with Crippen LogP contribution >= 0.6 is 23.2 Å². The van der Waals surface area contributed by atoms with Crippen molar-refractivity contribution in [3.63, 3.8) is 0 Å². The molecule has 1 N–H and O–H groups in total. The van der Waals surface area contributed by atoms with Crippen LogP contribution in [-0.4, -0.2) is 18.2 Å². The van der Waals surface area contributed by atoms with Gasteiger partial charge in [-0.3, -0.25) is 4.79 Å². The van der Waals surface area contributed by atoms with E-state index in [1.54, 1.807) is 26.0 Å². The van der Waals surface area contributed by atoms with Gasteiger partial charge in [-0.2, -0.15) is 0 Å². The quantitative estimate of drug-likeness (QED) is 0.913. The Kier molecular flexibility index (Phi) is 4.28. The molecule has 1 aromatic rings. The SMILES string of the molecule is COc1c(Cl)cc(Cl)cc1CC(C)(C)C(=O)O.